The van der Waals surface area contributed by atoms with E-state index >= 15 is 0 Å². The van der Waals surface area contributed by atoms with Crippen LogP contribution in [0.25, 0.3) is 16.7 Å². The van der Waals surface area contributed by atoms with Crippen molar-refractivity contribution >= 4 is 40.5 Å². The van der Waals surface area contributed by atoms with Gasteiger partial charge in [0.1, 0.15) is 5.60 Å². The molecule has 0 bridgehead atoms. The van der Waals surface area contributed by atoms with Crippen molar-refractivity contribution in [2.24, 2.45) is 0 Å². The first kappa shape index (κ1) is 25.5. The van der Waals surface area contributed by atoms with Gasteiger partial charge in [0, 0.05) is 29.6 Å². The second-order valence-electron chi connectivity index (χ2n) is 10.2. The first-order chi connectivity index (χ1) is 18.2. The van der Waals surface area contributed by atoms with Crippen molar-refractivity contribution in [3.05, 3.63) is 94.3 Å². The van der Waals surface area contributed by atoms with Crippen LogP contribution in [0.4, 0.5) is 10.5 Å². The molecule has 7 nitrogen and oxygen atoms in total. The van der Waals surface area contributed by atoms with Gasteiger partial charge >= 0.3 is 6.09 Å². The predicted octanol–water partition coefficient (Wildman–Crippen LogP) is 6.38. The fraction of sp³-hybridized carbons (Fsp3) is 0.233. The van der Waals surface area contributed by atoms with Gasteiger partial charge in [0.15, 0.2) is 0 Å². The molecule has 2 aliphatic rings. The summed E-state index contributed by atoms with van der Waals surface area (Å²) < 4.78 is 5.61. The standard InChI is InChI=1S/C30H29N3O4S/c1-30(2,3)37-29(36)33-14-5-4-6-26(33)19-7-10-22(11-8-19)31-17-25-24-16-20(21-13-15-38-18-21)9-12-23(24)27(34)32-28(25)35/h4-5,7-13,15-18,26,31H,6,14H2,1-3H3,(H,32,34,35)/b25-17-. The molecule has 0 spiro atoms. The molecule has 1 aromatic heterocycles. The number of anilines is 1. The molecule has 1 unspecified atom stereocenters. The minimum absolute atomic E-state index is 0.125. The van der Waals surface area contributed by atoms with Gasteiger partial charge in [0.25, 0.3) is 11.8 Å². The van der Waals surface area contributed by atoms with E-state index in [1.54, 1.807) is 28.5 Å². The third-order valence-corrected chi connectivity index (χ3v) is 7.07. The van der Waals surface area contributed by atoms with Crippen molar-refractivity contribution in [3.8, 4) is 11.1 Å². The molecular formula is C30H29N3O4S. The van der Waals surface area contributed by atoms with Crippen molar-refractivity contribution in [2.45, 2.75) is 38.8 Å². The Balaban J connectivity index is 1.37. The minimum atomic E-state index is -0.566. The summed E-state index contributed by atoms with van der Waals surface area (Å²) >= 11 is 1.59. The topological polar surface area (TPSA) is 87.7 Å². The molecule has 0 fully saturated rings. The van der Waals surface area contributed by atoms with Gasteiger partial charge in [0.2, 0.25) is 0 Å². The first-order valence-corrected chi connectivity index (χ1v) is 13.4. The fourth-order valence-corrected chi connectivity index (χ4v) is 5.20. The predicted molar refractivity (Wildman–Crippen MR) is 150 cm³/mol. The number of amides is 3. The molecule has 3 aromatic rings. The van der Waals surface area contributed by atoms with Crippen LogP contribution in [0.1, 0.15) is 54.7 Å². The van der Waals surface area contributed by atoms with E-state index in [-0.39, 0.29) is 12.1 Å². The number of fused-ring (bicyclic) bond motifs is 1. The van der Waals surface area contributed by atoms with Crippen LogP contribution in [0.15, 0.2) is 77.6 Å². The Kier molecular flexibility index (Phi) is 6.91. The largest absolute Gasteiger partial charge is 0.444 e. The van der Waals surface area contributed by atoms with Crippen molar-refractivity contribution < 1.29 is 19.1 Å². The summed E-state index contributed by atoms with van der Waals surface area (Å²) in [7, 11) is 0. The molecule has 0 saturated heterocycles. The molecule has 0 radical (unpaired) electrons. The van der Waals surface area contributed by atoms with Crippen LogP contribution in [0, 0.1) is 0 Å². The van der Waals surface area contributed by atoms with Gasteiger partial charge in [-0.05, 0) is 85.0 Å². The van der Waals surface area contributed by atoms with Crippen molar-refractivity contribution in [2.75, 3.05) is 11.9 Å². The van der Waals surface area contributed by atoms with Gasteiger partial charge in [-0.3, -0.25) is 19.8 Å². The number of hydrogen-bond acceptors (Lipinski definition) is 6. The second-order valence-corrected chi connectivity index (χ2v) is 11.0. The molecule has 2 aromatic carbocycles. The van der Waals surface area contributed by atoms with E-state index in [9.17, 15) is 14.4 Å². The number of ether oxygens (including phenoxy) is 1. The summed E-state index contributed by atoms with van der Waals surface area (Å²) in [4.78, 5) is 39.7. The normalized spacial score (nSPS) is 18.2. The third-order valence-electron chi connectivity index (χ3n) is 6.39. The van der Waals surface area contributed by atoms with Crippen LogP contribution >= 0.6 is 11.3 Å². The van der Waals surface area contributed by atoms with Crippen molar-refractivity contribution in [3.63, 3.8) is 0 Å². The average Bonchev–Trinajstić information content (AvgIpc) is 3.43. The summed E-state index contributed by atoms with van der Waals surface area (Å²) in [5.74, 6) is -0.851. The quantitative estimate of drug-likeness (QED) is 0.234. The molecule has 38 heavy (non-hydrogen) atoms. The van der Waals surface area contributed by atoms with Crippen LogP contribution in [-0.2, 0) is 9.53 Å². The summed E-state index contributed by atoms with van der Waals surface area (Å²) in [5.41, 5.74) is 4.61. The van der Waals surface area contributed by atoms with E-state index in [0.717, 1.165) is 22.4 Å². The third kappa shape index (κ3) is 5.40. The van der Waals surface area contributed by atoms with Gasteiger partial charge in [0.05, 0.1) is 11.6 Å². The number of carbonyl (C=O) groups excluding carboxylic acids is 3. The zero-order chi connectivity index (χ0) is 26.9. The van der Waals surface area contributed by atoms with Crippen LogP contribution in [0.2, 0.25) is 0 Å². The Morgan fingerprint density at radius 2 is 1.82 bits per heavy atom. The first-order valence-electron chi connectivity index (χ1n) is 12.4. The summed E-state index contributed by atoms with van der Waals surface area (Å²) in [6.45, 7) is 6.07. The highest BCUT2D eigenvalue weighted by Gasteiger charge is 2.30. The van der Waals surface area contributed by atoms with E-state index in [0.29, 0.717) is 29.7 Å². The summed E-state index contributed by atoms with van der Waals surface area (Å²) in [6, 6.07) is 15.2. The molecule has 2 N–H and O–H groups in total. The van der Waals surface area contributed by atoms with Gasteiger partial charge in [-0.2, -0.15) is 11.3 Å². The summed E-state index contributed by atoms with van der Waals surface area (Å²) in [5, 5.41) is 9.64. The molecule has 5 rings (SSSR count). The van der Waals surface area contributed by atoms with Crippen LogP contribution in [-0.4, -0.2) is 35.0 Å². The number of benzene rings is 2. The Hall–Kier alpha value is -4.17. The van der Waals surface area contributed by atoms with Gasteiger partial charge in [-0.15, -0.1) is 0 Å². The Bertz CT molecular complexity index is 1430. The summed E-state index contributed by atoms with van der Waals surface area (Å²) in [6.07, 6.45) is 6.05. The maximum atomic E-state index is 12.8. The van der Waals surface area contributed by atoms with E-state index in [1.807, 2.05) is 80.1 Å². The molecular weight excluding hydrogens is 498 g/mol. The molecule has 8 heteroatoms. The molecule has 3 heterocycles. The molecule has 194 valence electrons. The lowest BCUT2D eigenvalue weighted by Gasteiger charge is -2.34. The number of nitrogens with one attached hydrogen (secondary N) is 2. The molecule has 1 atom stereocenters. The van der Waals surface area contributed by atoms with Crippen LogP contribution < -0.4 is 10.6 Å². The number of nitrogens with zero attached hydrogens (tertiary/aromatic N) is 1. The Labute approximate surface area is 225 Å². The van der Waals surface area contributed by atoms with Crippen molar-refractivity contribution in [1.29, 1.82) is 0 Å². The monoisotopic (exact) mass is 527 g/mol. The lowest BCUT2D eigenvalue weighted by Crippen LogP contribution is -2.40. The number of rotatable bonds is 4. The van der Waals surface area contributed by atoms with Gasteiger partial charge in [-0.1, -0.05) is 30.4 Å². The molecule has 2 aliphatic heterocycles. The molecule has 3 amide bonds. The van der Waals surface area contributed by atoms with Gasteiger partial charge < -0.3 is 10.1 Å². The van der Waals surface area contributed by atoms with Crippen LogP contribution in [0.3, 0.4) is 0 Å². The van der Waals surface area contributed by atoms with Gasteiger partial charge in [-0.25, -0.2) is 4.79 Å². The maximum Gasteiger partial charge on any atom is 0.411 e. The second kappa shape index (κ2) is 10.3. The smallest absolute Gasteiger partial charge is 0.411 e. The zero-order valence-corrected chi connectivity index (χ0v) is 22.3. The highest BCUT2D eigenvalue weighted by Crippen LogP contribution is 2.32. The maximum absolute atomic E-state index is 12.8. The Morgan fingerprint density at radius 1 is 1.03 bits per heavy atom. The lowest BCUT2D eigenvalue weighted by molar-refractivity contribution is -0.114. The minimum Gasteiger partial charge on any atom is -0.444 e. The fourth-order valence-electron chi connectivity index (χ4n) is 4.54. The molecule has 0 aliphatic carbocycles. The molecule has 0 saturated carbocycles. The average molecular weight is 528 g/mol. The highest BCUT2D eigenvalue weighted by atomic mass is 32.1. The van der Waals surface area contributed by atoms with E-state index in [1.165, 1.54) is 0 Å². The highest BCUT2D eigenvalue weighted by molar-refractivity contribution is 7.08. The number of hydrogen-bond donors (Lipinski definition) is 2. The SMILES string of the molecule is CC(C)(C)OC(=O)N1CC=CCC1c1ccc(N/C=C2\C(=O)NC(=O)c3ccc(-c4ccsc4)cc32)cc1. The van der Waals surface area contributed by atoms with Crippen LogP contribution in [0.5, 0.6) is 0 Å². The zero-order valence-electron chi connectivity index (χ0n) is 21.5. The lowest BCUT2D eigenvalue weighted by atomic mass is 9.92. The van der Waals surface area contributed by atoms with Crippen molar-refractivity contribution in [1.82, 2.24) is 10.2 Å². The number of thiophene rings is 1. The number of imide groups is 1. The Morgan fingerprint density at radius 3 is 2.53 bits per heavy atom. The van der Waals surface area contributed by atoms with E-state index < -0.39 is 17.4 Å². The van der Waals surface area contributed by atoms with E-state index in [2.05, 4.69) is 16.7 Å². The number of carbonyl (C=O) groups is 3. The van der Waals surface area contributed by atoms with E-state index in [4.69, 9.17) is 4.74 Å².